The summed E-state index contributed by atoms with van der Waals surface area (Å²) in [4.78, 5) is 37.6. The molecule has 27 heavy (non-hydrogen) atoms. The normalized spacial score (nSPS) is 10.4. The van der Waals surface area contributed by atoms with Crippen LogP contribution in [-0.2, 0) is 9.47 Å². The van der Waals surface area contributed by atoms with Crippen LogP contribution in [0, 0.1) is 6.92 Å². The van der Waals surface area contributed by atoms with Gasteiger partial charge in [-0.05, 0) is 53.9 Å². The number of nitrogens with one attached hydrogen (secondary N) is 1. The van der Waals surface area contributed by atoms with Gasteiger partial charge in [0.1, 0.15) is 9.88 Å². The predicted molar refractivity (Wildman–Crippen MR) is 108 cm³/mol. The van der Waals surface area contributed by atoms with Crippen molar-refractivity contribution in [3.8, 4) is 0 Å². The van der Waals surface area contributed by atoms with Gasteiger partial charge in [-0.2, -0.15) is 0 Å². The summed E-state index contributed by atoms with van der Waals surface area (Å²) in [5.74, 6) is -1.52. The van der Waals surface area contributed by atoms with E-state index in [-0.39, 0.29) is 28.7 Å². The summed E-state index contributed by atoms with van der Waals surface area (Å²) >= 11 is 4.33. The second-order valence-corrected chi connectivity index (χ2v) is 7.43. The van der Waals surface area contributed by atoms with Gasteiger partial charge in [0.15, 0.2) is 0 Å². The zero-order valence-corrected chi connectivity index (χ0v) is 17.7. The summed E-state index contributed by atoms with van der Waals surface area (Å²) in [5, 5.41) is 2.99. The molecule has 0 aliphatic rings. The van der Waals surface area contributed by atoms with Crippen LogP contribution in [0.3, 0.4) is 0 Å². The lowest BCUT2D eigenvalue weighted by molar-refractivity contribution is 0.0506. The minimum Gasteiger partial charge on any atom is -0.462 e. The minimum atomic E-state index is -0.580. The smallest absolute Gasteiger partial charge is 0.348 e. The molecule has 2 aromatic rings. The van der Waals surface area contributed by atoms with Crippen molar-refractivity contribution >= 4 is 50.1 Å². The third-order valence-corrected chi connectivity index (χ3v) is 5.47. The van der Waals surface area contributed by atoms with Crippen LogP contribution in [0.1, 0.15) is 56.2 Å². The molecule has 0 unspecified atom stereocenters. The third kappa shape index (κ3) is 4.95. The number of rotatable bonds is 7. The van der Waals surface area contributed by atoms with Crippen LogP contribution in [0.15, 0.2) is 28.7 Å². The van der Waals surface area contributed by atoms with Gasteiger partial charge in [-0.15, -0.1) is 11.3 Å². The van der Waals surface area contributed by atoms with E-state index in [4.69, 9.17) is 9.47 Å². The van der Waals surface area contributed by atoms with E-state index in [9.17, 15) is 14.4 Å². The lowest BCUT2D eigenvalue weighted by atomic mass is 10.1. The molecule has 6 nitrogen and oxygen atoms in total. The molecule has 0 radical (unpaired) electrons. The Morgan fingerprint density at radius 2 is 1.81 bits per heavy atom. The SMILES string of the molecule is CCCOC(=O)c1c(NC(=O)c2ccccc2Br)sc(C(=O)OCC)c1C. The Morgan fingerprint density at radius 1 is 1.11 bits per heavy atom. The Hall–Kier alpha value is -2.19. The number of hydrogen-bond acceptors (Lipinski definition) is 6. The van der Waals surface area contributed by atoms with Crippen molar-refractivity contribution in [1.82, 2.24) is 0 Å². The quantitative estimate of drug-likeness (QED) is 0.607. The number of anilines is 1. The first-order valence-electron chi connectivity index (χ1n) is 8.44. The van der Waals surface area contributed by atoms with Crippen molar-refractivity contribution in [2.45, 2.75) is 27.2 Å². The zero-order chi connectivity index (χ0) is 20.0. The number of hydrogen-bond donors (Lipinski definition) is 1. The van der Waals surface area contributed by atoms with Gasteiger partial charge in [-0.1, -0.05) is 19.1 Å². The van der Waals surface area contributed by atoms with E-state index in [2.05, 4.69) is 21.2 Å². The van der Waals surface area contributed by atoms with Crippen molar-refractivity contribution < 1.29 is 23.9 Å². The van der Waals surface area contributed by atoms with Crippen LogP contribution in [0.2, 0.25) is 0 Å². The average Bonchev–Trinajstić information content (AvgIpc) is 2.96. The molecule has 0 saturated heterocycles. The van der Waals surface area contributed by atoms with Gasteiger partial charge in [0.05, 0.1) is 24.3 Å². The van der Waals surface area contributed by atoms with Crippen LogP contribution in [0.5, 0.6) is 0 Å². The van der Waals surface area contributed by atoms with E-state index in [1.54, 1.807) is 38.1 Å². The Labute approximate surface area is 170 Å². The van der Waals surface area contributed by atoms with Crippen molar-refractivity contribution in [2.75, 3.05) is 18.5 Å². The van der Waals surface area contributed by atoms with E-state index in [1.165, 1.54) is 0 Å². The Balaban J connectivity index is 2.42. The summed E-state index contributed by atoms with van der Waals surface area (Å²) in [7, 11) is 0. The van der Waals surface area contributed by atoms with Gasteiger partial charge in [-0.25, -0.2) is 9.59 Å². The van der Waals surface area contributed by atoms with Crippen molar-refractivity contribution in [1.29, 1.82) is 0 Å². The number of carbonyl (C=O) groups is 3. The maximum atomic E-state index is 12.6. The molecule has 8 heteroatoms. The highest BCUT2D eigenvalue weighted by Gasteiger charge is 2.27. The Kier molecular flexibility index (Phi) is 7.55. The Bertz CT molecular complexity index is 862. The third-order valence-electron chi connectivity index (χ3n) is 3.59. The van der Waals surface area contributed by atoms with Gasteiger partial charge in [0, 0.05) is 4.47 Å². The molecule has 144 valence electrons. The molecule has 0 bridgehead atoms. The molecule has 1 aromatic carbocycles. The summed E-state index contributed by atoms with van der Waals surface area (Å²) in [5.41, 5.74) is 1.02. The number of esters is 2. The fourth-order valence-corrected chi connectivity index (χ4v) is 3.87. The summed E-state index contributed by atoms with van der Waals surface area (Å²) in [6.45, 7) is 5.69. The molecule has 0 aliphatic heterocycles. The molecule has 1 amide bonds. The molecule has 0 saturated carbocycles. The zero-order valence-electron chi connectivity index (χ0n) is 15.3. The summed E-state index contributed by atoms with van der Waals surface area (Å²) < 4.78 is 10.9. The first kappa shape index (κ1) is 21.1. The van der Waals surface area contributed by atoms with E-state index in [1.807, 2.05) is 6.92 Å². The monoisotopic (exact) mass is 453 g/mol. The first-order valence-corrected chi connectivity index (χ1v) is 10.0. The summed E-state index contributed by atoms with van der Waals surface area (Å²) in [6.07, 6.45) is 0.665. The number of benzene rings is 1. The maximum Gasteiger partial charge on any atom is 0.348 e. The van der Waals surface area contributed by atoms with E-state index in [0.29, 0.717) is 22.0 Å². The van der Waals surface area contributed by atoms with Crippen LogP contribution in [-0.4, -0.2) is 31.1 Å². The van der Waals surface area contributed by atoms with E-state index >= 15 is 0 Å². The van der Waals surface area contributed by atoms with Gasteiger partial charge in [0.25, 0.3) is 5.91 Å². The fourth-order valence-electron chi connectivity index (χ4n) is 2.32. The highest BCUT2D eigenvalue weighted by Crippen LogP contribution is 2.35. The molecule has 0 fully saturated rings. The predicted octanol–water partition coefficient (Wildman–Crippen LogP) is 4.81. The number of ether oxygens (including phenoxy) is 2. The molecular formula is C19H20BrNO5S. The maximum absolute atomic E-state index is 12.6. The molecule has 2 rings (SSSR count). The van der Waals surface area contributed by atoms with Gasteiger partial charge < -0.3 is 14.8 Å². The lowest BCUT2D eigenvalue weighted by Gasteiger charge is -2.08. The molecule has 0 spiro atoms. The second-order valence-electron chi connectivity index (χ2n) is 5.55. The number of amides is 1. The molecule has 1 N–H and O–H groups in total. The first-order chi connectivity index (χ1) is 12.9. The highest BCUT2D eigenvalue weighted by atomic mass is 79.9. The van der Waals surface area contributed by atoms with Crippen LogP contribution in [0.25, 0.3) is 0 Å². The van der Waals surface area contributed by atoms with Crippen molar-refractivity contribution in [2.24, 2.45) is 0 Å². The second kappa shape index (κ2) is 9.66. The highest BCUT2D eigenvalue weighted by molar-refractivity contribution is 9.10. The minimum absolute atomic E-state index is 0.178. The number of thiophene rings is 1. The topological polar surface area (TPSA) is 81.7 Å². The van der Waals surface area contributed by atoms with E-state index < -0.39 is 17.8 Å². The number of halogens is 1. The van der Waals surface area contributed by atoms with Crippen molar-refractivity contribution in [3.05, 3.63) is 50.3 Å². The molecular weight excluding hydrogens is 434 g/mol. The van der Waals surface area contributed by atoms with Gasteiger partial charge in [-0.3, -0.25) is 4.79 Å². The van der Waals surface area contributed by atoms with Crippen molar-refractivity contribution in [3.63, 3.8) is 0 Å². The molecule has 1 aromatic heterocycles. The van der Waals surface area contributed by atoms with Crippen LogP contribution >= 0.6 is 27.3 Å². The standard InChI is InChI=1S/C19H20BrNO5S/c1-4-10-26-18(23)14-11(3)15(19(24)25-5-2)27-17(14)21-16(22)12-8-6-7-9-13(12)20/h6-9H,4-5,10H2,1-3H3,(H,21,22). The number of carbonyl (C=O) groups excluding carboxylic acids is 3. The molecule has 1 heterocycles. The van der Waals surface area contributed by atoms with Crippen LogP contribution < -0.4 is 5.32 Å². The average molecular weight is 454 g/mol. The van der Waals surface area contributed by atoms with Gasteiger partial charge in [0.2, 0.25) is 0 Å². The fraction of sp³-hybridized carbons (Fsp3) is 0.316. The van der Waals surface area contributed by atoms with E-state index in [0.717, 1.165) is 11.3 Å². The largest absolute Gasteiger partial charge is 0.462 e. The molecule has 0 aliphatic carbocycles. The molecule has 0 atom stereocenters. The van der Waals surface area contributed by atoms with Crippen LogP contribution in [0.4, 0.5) is 5.00 Å². The van der Waals surface area contributed by atoms with Gasteiger partial charge >= 0.3 is 11.9 Å². The lowest BCUT2D eigenvalue weighted by Crippen LogP contribution is -2.15. The summed E-state index contributed by atoms with van der Waals surface area (Å²) in [6, 6.07) is 6.93. The Morgan fingerprint density at radius 3 is 2.44 bits per heavy atom.